The van der Waals surface area contributed by atoms with Crippen LogP contribution < -0.4 is 5.73 Å². The number of hydrogen-bond donors (Lipinski definition) is 1. The first-order valence-corrected chi connectivity index (χ1v) is 6.95. The van der Waals surface area contributed by atoms with Crippen molar-refractivity contribution in [2.24, 2.45) is 10.7 Å². The molecule has 2 aliphatic rings. The molecule has 2 aliphatic heterocycles. The van der Waals surface area contributed by atoms with E-state index in [9.17, 15) is 9.59 Å². The molecule has 1 fully saturated rings. The van der Waals surface area contributed by atoms with Crippen molar-refractivity contribution < 1.29 is 9.59 Å². The fourth-order valence-electron chi connectivity index (χ4n) is 2.74. The highest BCUT2D eigenvalue weighted by Crippen LogP contribution is 2.20. The number of amides is 3. The molecule has 1 saturated heterocycles. The second kappa shape index (κ2) is 5.59. The predicted molar refractivity (Wildman–Crippen MR) is 72.8 cm³/mol. The standard InChI is InChI=1S/C13H22N4O2/c1-9(2)17-10(12(14)15-13(17)19)8-11(18)16-6-4-3-5-7-16/h9-10H,3-8H2,1-2H3,(H2,14,15,19). The molecular formula is C13H22N4O2. The summed E-state index contributed by atoms with van der Waals surface area (Å²) < 4.78 is 0. The number of likely N-dealkylation sites (tertiary alicyclic amines) is 1. The lowest BCUT2D eigenvalue weighted by Gasteiger charge is -2.31. The Balaban J connectivity index is 2.02. The van der Waals surface area contributed by atoms with E-state index < -0.39 is 0 Å². The summed E-state index contributed by atoms with van der Waals surface area (Å²) in [6, 6.07) is -0.706. The van der Waals surface area contributed by atoms with Crippen LogP contribution in [0.1, 0.15) is 39.5 Å². The number of aliphatic imine (C=N–C) groups is 1. The van der Waals surface area contributed by atoms with E-state index in [1.807, 2.05) is 18.7 Å². The van der Waals surface area contributed by atoms with Gasteiger partial charge in [0.25, 0.3) is 0 Å². The van der Waals surface area contributed by atoms with E-state index in [0.717, 1.165) is 25.9 Å². The lowest BCUT2D eigenvalue weighted by molar-refractivity contribution is -0.132. The Bertz CT molecular complexity index is 399. The number of rotatable bonds is 3. The van der Waals surface area contributed by atoms with E-state index in [2.05, 4.69) is 4.99 Å². The number of urea groups is 1. The van der Waals surface area contributed by atoms with Gasteiger partial charge >= 0.3 is 6.03 Å². The molecule has 106 valence electrons. The third kappa shape index (κ3) is 2.88. The molecule has 1 atom stereocenters. The van der Waals surface area contributed by atoms with Crippen LogP contribution in [0.25, 0.3) is 0 Å². The summed E-state index contributed by atoms with van der Waals surface area (Å²) >= 11 is 0. The molecule has 6 nitrogen and oxygen atoms in total. The molecule has 0 aromatic rings. The molecule has 0 radical (unpaired) electrons. The maximum absolute atomic E-state index is 12.3. The van der Waals surface area contributed by atoms with Gasteiger partial charge in [-0.15, -0.1) is 0 Å². The molecule has 3 amide bonds. The van der Waals surface area contributed by atoms with Crippen molar-refractivity contribution in [1.29, 1.82) is 0 Å². The van der Waals surface area contributed by atoms with Crippen molar-refractivity contribution in [2.45, 2.75) is 51.6 Å². The van der Waals surface area contributed by atoms with Gasteiger partial charge in [-0.1, -0.05) is 0 Å². The lowest BCUT2D eigenvalue weighted by atomic mass is 10.1. The monoisotopic (exact) mass is 266 g/mol. The van der Waals surface area contributed by atoms with E-state index in [0.29, 0.717) is 0 Å². The highest BCUT2D eigenvalue weighted by Gasteiger charge is 2.37. The Morgan fingerprint density at radius 2 is 2.00 bits per heavy atom. The van der Waals surface area contributed by atoms with Crippen LogP contribution in [0.5, 0.6) is 0 Å². The molecule has 2 heterocycles. The van der Waals surface area contributed by atoms with Gasteiger partial charge in [-0.25, -0.2) is 4.79 Å². The van der Waals surface area contributed by atoms with Crippen molar-refractivity contribution >= 4 is 17.8 Å². The Morgan fingerprint density at radius 3 is 2.58 bits per heavy atom. The normalized spacial score (nSPS) is 24.1. The van der Waals surface area contributed by atoms with E-state index >= 15 is 0 Å². The summed E-state index contributed by atoms with van der Waals surface area (Å²) in [5, 5.41) is 0. The van der Waals surface area contributed by atoms with Crippen molar-refractivity contribution in [3.8, 4) is 0 Å². The third-order valence-electron chi connectivity index (χ3n) is 3.76. The van der Waals surface area contributed by atoms with Crippen molar-refractivity contribution in [3.05, 3.63) is 0 Å². The van der Waals surface area contributed by atoms with Crippen LogP contribution in [0.2, 0.25) is 0 Å². The molecule has 0 aliphatic carbocycles. The van der Waals surface area contributed by atoms with Gasteiger partial charge in [-0.2, -0.15) is 4.99 Å². The molecule has 0 aromatic heterocycles. The van der Waals surface area contributed by atoms with Crippen molar-refractivity contribution in [2.75, 3.05) is 13.1 Å². The van der Waals surface area contributed by atoms with E-state index in [1.165, 1.54) is 6.42 Å². The lowest BCUT2D eigenvalue weighted by Crippen LogP contribution is -2.48. The van der Waals surface area contributed by atoms with Gasteiger partial charge < -0.3 is 15.5 Å². The summed E-state index contributed by atoms with van der Waals surface area (Å²) in [7, 11) is 0. The zero-order valence-electron chi connectivity index (χ0n) is 11.6. The second-order valence-corrected chi connectivity index (χ2v) is 5.48. The number of nitrogens with two attached hydrogens (primary N) is 1. The Kier molecular flexibility index (Phi) is 4.07. The first kappa shape index (κ1) is 13.8. The van der Waals surface area contributed by atoms with Crippen molar-refractivity contribution in [3.63, 3.8) is 0 Å². The van der Waals surface area contributed by atoms with Crippen LogP contribution in [-0.2, 0) is 4.79 Å². The van der Waals surface area contributed by atoms with E-state index in [-0.39, 0.29) is 36.3 Å². The fraction of sp³-hybridized carbons (Fsp3) is 0.769. The summed E-state index contributed by atoms with van der Waals surface area (Å²) in [5.41, 5.74) is 5.79. The molecule has 2 rings (SSSR count). The number of piperidine rings is 1. The average Bonchev–Trinajstić information content (AvgIpc) is 2.65. The number of amidine groups is 1. The summed E-state index contributed by atoms with van der Waals surface area (Å²) in [4.78, 5) is 31.2. The fourth-order valence-corrected chi connectivity index (χ4v) is 2.74. The van der Waals surface area contributed by atoms with Crippen LogP contribution in [0.4, 0.5) is 4.79 Å². The Labute approximate surface area is 113 Å². The molecule has 2 N–H and O–H groups in total. The highest BCUT2D eigenvalue weighted by atomic mass is 16.2. The number of carbonyl (C=O) groups is 2. The highest BCUT2D eigenvalue weighted by molar-refractivity contribution is 6.04. The van der Waals surface area contributed by atoms with Gasteiger partial charge in [0.05, 0.1) is 6.42 Å². The van der Waals surface area contributed by atoms with E-state index in [1.54, 1.807) is 4.90 Å². The maximum atomic E-state index is 12.3. The molecule has 19 heavy (non-hydrogen) atoms. The predicted octanol–water partition coefficient (Wildman–Crippen LogP) is 0.959. The quantitative estimate of drug-likeness (QED) is 0.826. The summed E-state index contributed by atoms with van der Waals surface area (Å²) in [6.45, 7) is 5.45. The third-order valence-corrected chi connectivity index (χ3v) is 3.76. The van der Waals surface area contributed by atoms with Gasteiger partial charge in [0.1, 0.15) is 11.9 Å². The minimum Gasteiger partial charge on any atom is -0.385 e. The molecule has 0 aromatic carbocycles. The smallest absolute Gasteiger partial charge is 0.346 e. The zero-order valence-corrected chi connectivity index (χ0v) is 11.6. The van der Waals surface area contributed by atoms with Gasteiger partial charge in [-0.05, 0) is 33.1 Å². The summed E-state index contributed by atoms with van der Waals surface area (Å²) in [6.07, 6.45) is 3.56. The number of carbonyl (C=O) groups excluding carboxylic acids is 2. The van der Waals surface area contributed by atoms with Crippen molar-refractivity contribution in [1.82, 2.24) is 9.80 Å². The van der Waals surface area contributed by atoms with E-state index in [4.69, 9.17) is 5.73 Å². The first-order valence-electron chi connectivity index (χ1n) is 6.95. The second-order valence-electron chi connectivity index (χ2n) is 5.48. The van der Waals surface area contributed by atoms with Crippen LogP contribution in [0.3, 0.4) is 0 Å². The van der Waals surface area contributed by atoms with Crippen LogP contribution in [0, 0.1) is 0 Å². The topological polar surface area (TPSA) is 79.0 Å². The van der Waals surface area contributed by atoms with Gasteiger partial charge in [-0.3, -0.25) is 4.79 Å². The van der Waals surface area contributed by atoms with Crippen LogP contribution in [-0.4, -0.2) is 52.7 Å². The van der Waals surface area contributed by atoms with Gasteiger partial charge in [0.2, 0.25) is 5.91 Å². The maximum Gasteiger partial charge on any atom is 0.346 e. The first-order chi connectivity index (χ1) is 9.00. The molecule has 0 spiro atoms. The molecule has 1 unspecified atom stereocenters. The average molecular weight is 266 g/mol. The van der Waals surface area contributed by atoms with Crippen LogP contribution >= 0.6 is 0 Å². The molecular weight excluding hydrogens is 244 g/mol. The number of nitrogens with zero attached hydrogens (tertiary/aromatic N) is 3. The largest absolute Gasteiger partial charge is 0.385 e. The zero-order chi connectivity index (χ0) is 14.0. The molecule has 0 bridgehead atoms. The Hall–Kier alpha value is -1.59. The minimum absolute atomic E-state index is 0.00328. The number of hydrogen-bond acceptors (Lipinski definition) is 3. The Morgan fingerprint density at radius 1 is 1.37 bits per heavy atom. The minimum atomic E-state index is -0.373. The van der Waals surface area contributed by atoms with Gasteiger partial charge in [0.15, 0.2) is 0 Å². The molecule has 6 heteroatoms. The summed E-state index contributed by atoms with van der Waals surface area (Å²) in [5.74, 6) is 0.340. The van der Waals surface area contributed by atoms with Gasteiger partial charge in [0, 0.05) is 19.1 Å². The van der Waals surface area contributed by atoms with Crippen LogP contribution in [0.15, 0.2) is 4.99 Å². The molecule has 0 saturated carbocycles. The SMILES string of the molecule is CC(C)N1C(=O)N=C(N)C1CC(=O)N1CCCCC1.